The van der Waals surface area contributed by atoms with Crippen molar-refractivity contribution in [2.45, 2.75) is 18.4 Å². The summed E-state index contributed by atoms with van der Waals surface area (Å²) in [6.45, 7) is 3.99. The van der Waals surface area contributed by atoms with E-state index in [-0.39, 0.29) is 5.91 Å². The maximum absolute atomic E-state index is 12.7. The van der Waals surface area contributed by atoms with Gasteiger partial charge < -0.3 is 20.3 Å². The summed E-state index contributed by atoms with van der Waals surface area (Å²) in [6.07, 6.45) is 2.85. The number of carbonyl (C=O) groups is 1. The largest absolute Gasteiger partial charge is 0.381 e. The van der Waals surface area contributed by atoms with Crippen molar-refractivity contribution < 1.29 is 9.53 Å². The van der Waals surface area contributed by atoms with Gasteiger partial charge >= 0.3 is 0 Å². The summed E-state index contributed by atoms with van der Waals surface area (Å²) < 4.78 is 5.31. The van der Waals surface area contributed by atoms with E-state index in [0.29, 0.717) is 44.2 Å². The Morgan fingerprint density at radius 1 is 1.23 bits per heavy atom. The minimum atomic E-state index is -0.751. The van der Waals surface area contributed by atoms with Crippen LogP contribution in [0.15, 0.2) is 18.3 Å². The van der Waals surface area contributed by atoms with E-state index in [2.05, 4.69) is 9.88 Å². The van der Waals surface area contributed by atoms with Crippen molar-refractivity contribution in [2.24, 2.45) is 5.73 Å². The van der Waals surface area contributed by atoms with E-state index in [0.717, 1.165) is 18.9 Å². The Balaban J connectivity index is 1.59. The van der Waals surface area contributed by atoms with Gasteiger partial charge in [0.25, 0.3) is 0 Å². The first kappa shape index (κ1) is 15.5. The molecule has 1 amide bonds. The fourth-order valence-corrected chi connectivity index (χ4v) is 3.07. The SMILES string of the molecule is NC1(C(=O)N2CCN(c3ccc(Cl)cn3)CC2)CCOCC1. The van der Waals surface area contributed by atoms with Crippen molar-refractivity contribution >= 4 is 23.3 Å². The quantitative estimate of drug-likeness (QED) is 0.875. The number of hydrogen-bond donors (Lipinski definition) is 1. The van der Waals surface area contributed by atoms with E-state index in [4.69, 9.17) is 22.1 Å². The third-order valence-electron chi connectivity index (χ3n) is 4.41. The van der Waals surface area contributed by atoms with Crippen LogP contribution in [0.5, 0.6) is 0 Å². The van der Waals surface area contributed by atoms with Crippen LogP contribution in [0, 0.1) is 0 Å². The van der Waals surface area contributed by atoms with Gasteiger partial charge in [-0.3, -0.25) is 4.79 Å². The molecule has 1 aromatic rings. The van der Waals surface area contributed by atoms with Crippen molar-refractivity contribution in [3.05, 3.63) is 23.4 Å². The third-order valence-corrected chi connectivity index (χ3v) is 4.64. The summed E-state index contributed by atoms with van der Waals surface area (Å²) in [6, 6.07) is 3.74. The molecule has 3 heterocycles. The number of nitrogens with zero attached hydrogens (tertiary/aromatic N) is 3. The minimum absolute atomic E-state index is 0.0551. The van der Waals surface area contributed by atoms with Crippen molar-refractivity contribution in [1.29, 1.82) is 0 Å². The fourth-order valence-electron chi connectivity index (χ4n) is 2.96. The lowest BCUT2D eigenvalue weighted by atomic mass is 9.89. The van der Waals surface area contributed by atoms with Gasteiger partial charge in [-0.2, -0.15) is 0 Å². The number of aromatic nitrogens is 1. The average Bonchev–Trinajstić information content (AvgIpc) is 2.56. The van der Waals surface area contributed by atoms with Gasteiger partial charge in [0, 0.05) is 45.6 Å². The topological polar surface area (TPSA) is 71.7 Å². The van der Waals surface area contributed by atoms with Crippen molar-refractivity contribution in [3.8, 4) is 0 Å². The summed E-state index contributed by atoms with van der Waals surface area (Å²) in [5.74, 6) is 0.949. The summed E-state index contributed by atoms with van der Waals surface area (Å²) in [5, 5.41) is 0.627. The summed E-state index contributed by atoms with van der Waals surface area (Å²) in [4.78, 5) is 21.0. The Morgan fingerprint density at radius 2 is 1.91 bits per heavy atom. The first-order valence-corrected chi connectivity index (χ1v) is 7.99. The van der Waals surface area contributed by atoms with Crippen LogP contribution in [0.2, 0.25) is 5.02 Å². The number of nitrogens with two attached hydrogens (primary N) is 1. The predicted octanol–water partition coefficient (Wildman–Crippen LogP) is 0.891. The number of hydrogen-bond acceptors (Lipinski definition) is 5. The molecule has 120 valence electrons. The molecular weight excluding hydrogens is 304 g/mol. The number of anilines is 1. The lowest BCUT2D eigenvalue weighted by Crippen LogP contribution is -2.61. The van der Waals surface area contributed by atoms with Crippen LogP contribution in [0.3, 0.4) is 0 Å². The molecule has 0 radical (unpaired) electrons. The number of ether oxygens (including phenoxy) is 1. The smallest absolute Gasteiger partial charge is 0.242 e. The molecule has 7 heteroatoms. The van der Waals surface area contributed by atoms with E-state index in [9.17, 15) is 4.79 Å². The van der Waals surface area contributed by atoms with Crippen LogP contribution < -0.4 is 10.6 Å². The zero-order valence-electron chi connectivity index (χ0n) is 12.5. The van der Waals surface area contributed by atoms with Crippen molar-refractivity contribution in [1.82, 2.24) is 9.88 Å². The van der Waals surface area contributed by atoms with Crippen LogP contribution in [0.4, 0.5) is 5.82 Å². The van der Waals surface area contributed by atoms with Crippen molar-refractivity contribution in [2.75, 3.05) is 44.3 Å². The number of amides is 1. The van der Waals surface area contributed by atoms with E-state index in [1.807, 2.05) is 17.0 Å². The molecule has 2 fully saturated rings. The minimum Gasteiger partial charge on any atom is -0.381 e. The van der Waals surface area contributed by atoms with Gasteiger partial charge in [0.15, 0.2) is 0 Å². The fraction of sp³-hybridized carbons (Fsp3) is 0.600. The van der Waals surface area contributed by atoms with E-state index in [1.54, 1.807) is 6.20 Å². The Kier molecular flexibility index (Phi) is 4.52. The van der Waals surface area contributed by atoms with Crippen LogP contribution in [0.1, 0.15) is 12.8 Å². The van der Waals surface area contributed by atoms with Gasteiger partial charge in [-0.25, -0.2) is 4.98 Å². The molecule has 0 atom stereocenters. The second kappa shape index (κ2) is 6.40. The monoisotopic (exact) mass is 324 g/mol. The zero-order valence-corrected chi connectivity index (χ0v) is 13.3. The second-order valence-corrected chi connectivity index (χ2v) is 6.32. The molecule has 2 aliphatic rings. The Labute approximate surface area is 135 Å². The average molecular weight is 325 g/mol. The molecule has 2 saturated heterocycles. The van der Waals surface area contributed by atoms with Gasteiger partial charge in [0.2, 0.25) is 5.91 Å². The number of rotatable bonds is 2. The van der Waals surface area contributed by atoms with Gasteiger partial charge in [-0.1, -0.05) is 11.6 Å². The molecule has 2 N–H and O–H groups in total. The Hall–Kier alpha value is -1.37. The highest BCUT2D eigenvalue weighted by Crippen LogP contribution is 2.22. The van der Waals surface area contributed by atoms with Gasteiger partial charge in [-0.05, 0) is 25.0 Å². The highest BCUT2D eigenvalue weighted by atomic mass is 35.5. The maximum Gasteiger partial charge on any atom is 0.242 e. The van der Waals surface area contributed by atoms with Crippen LogP contribution in [0.25, 0.3) is 0 Å². The molecule has 0 aliphatic carbocycles. The molecule has 0 spiro atoms. The third kappa shape index (κ3) is 3.19. The number of pyridine rings is 1. The number of halogens is 1. The first-order valence-electron chi connectivity index (χ1n) is 7.61. The van der Waals surface area contributed by atoms with Crippen LogP contribution >= 0.6 is 11.6 Å². The van der Waals surface area contributed by atoms with Gasteiger partial charge in [0.05, 0.1) is 10.6 Å². The molecule has 6 nitrogen and oxygen atoms in total. The number of carbonyl (C=O) groups excluding carboxylic acids is 1. The Morgan fingerprint density at radius 3 is 2.50 bits per heavy atom. The van der Waals surface area contributed by atoms with Gasteiger partial charge in [0.1, 0.15) is 5.82 Å². The van der Waals surface area contributed by atoms with Crippen LogP contribution in [-0.4, -0.2) is 60.7 Å². The highest BCUT2D eigenvalue weighted by Gasteiger charge is 2.39. The van der Waals surface area contributed by atoms with Gasteiger partial charge in [-0.15, -0.1) is 0 Å². The molecule has 22 heavy (non-hydrogen) atoms. The summed E-state index contributed by atoms with van der Waals surface area (Å²) in [5.41, 5.74) is 5.53. The lowest BCUT2D eigenvalue weighted by Gasteiger charge is -2.41. The van der Waals surface area contributed by atoms with Crippen molar-refractivity contribution in [3.63, 3.8) is 0 Å². The molecule has 3 rings (SSSR count). The lowest BCUT2D eigenvalue weighted by molar-refractivity contribution is -0.140. The van der Waals surface area contributed by atoms with Crippen LogP contribution in [-0.2, 0) is 9.53 Å². The first-order chi connectivity index (χ1) is 10.6. The molecule has 0 aromatic carbocycles. The molecular formula is C15H21ClN4O2. The predicted molar refractivity (Wildman–Crippen MR) is 85.0 cm³/mol. The highest BCUT2D eigenvalue weighted by molar-refractivity contribution is 6.30. The number of piperazine rings is 1. The molecule has 0 bridgehead atoms. The molecule has 1 aromatic heterocycles. The van der Waals surface area contributed by atoms with E-state index in [1.165, 1.54) is 0 Å². The normalized spacial score (nSPS) is 21.7. The molecule has 0 unspecified atom stereocenters. The second-order valence-electron chi connectivity index (χ2n) is 5.88. The molecule has 0 saturated carbocycles. The zero-order chi connectivity index (χ0) is 15.6. The Bertz CT molecular complexity index is 523. The summed E-state index contributed by atoms with van der Waals surface area (Å²) in [7, 11) is 0. The van der Waals surface area contributed by atoms with E-state index >= 15 is 0 Å². The standard InChI is InChI=1S/C15H21ClN4O2/c16-12-1-2-13(18-11-12)19-5-7-20(8-6-19)14(21)15(17)3-9-22-10-4-15/h1-2,11H,3-10,17H2. The summed E-state index contributed by atoms with van der Waals surface area (Å²) >= 11 is 5.86. The van der Waals surface area contributed by atoms with E-state index < -0.39 is 5.54 Å². The maximum atomic E-state index is 12.7. The molecule has 2 aliphatic heterocycles.